The summed E-state index contributed by atoms with van der Waals surface area (Å²) in [6.07, 6.45) is 2.91. The summed E-state index contributed by atoms with van der Waals surface area (Å²) in [7, 11) is -3.98. The third-order valence-electron chi connectivity index (χ3n) is 5.80. The number of sulfonamides is 1. The van der Waals surface area contributed by atoms with Crippen LogP contribution in [0.1, 0.15) is 63.8 Å². The molecule has 1 aliphatic rings. The van der Waals surface area contributed by atoms with E-state index in [9.17, 15) is 18.6 Å². The molecule has 1 unspecified atom stereocenters. The van der Waals surface area contributed by atoms with Crippen LogP contribution in [0, 0.1) is 5.92 Å². The number of nitrogens with two attached hydrogens (primary N) is 2. The fraction of sp³-hybridized carbons (Fsp3) is 0.545. The van der Waals surface area contributed by atoms with Gasteiger partial charge >= 0.3 is 0 Å². The fourth-order valence-electron chi connectivity index (χ4n) is 3.77. The Morgan fingerprint density at radius 2 is 2.00 bits per heavy atom. The van der Waals surface area contributed by atoms with E-state index >= 15 is 0 Å². The average Bonchev–Trinajstić information content (AvgIpc) is 3.52. The van der Waals surface area contributed by atoms with E-state index in [2.05, 4.69) is 23.8 Å². The monoisotopic (exact) mass is 511 g/mol. The highest BCUT2D eigenvalue weighted by Gasteiger charge is 2.38. The minimum atomic E-state index is -3.98. The molecule has 3 rings (SSSR count). The lowest BCUT2D eigenvalue weighted by atomic mass is 10.00. The first kappa shape index (κ1) is 26.2. The summed E-state index contributed by atoms with van der Waals surface area (Å²) in [6, 6.07) is 1.05. The van der Waals surface area contributed by atoms with Crippen LogP contribution in [-0.4, -0.2) is 53.8 Å². The Labute approximate surface area is 204 Å². The third-order valence-corrected chi connectivity index (χ3v) is 9.23. The number of aliphatic hydroxyl groups is 1. The van der Waals surface area contributed by atoms with Gasteiger partial charge in [0, 0.05) is 18.0 Å². The van der Waals surface area contributed by atoms with E-state index in [0.29, 0.717) is 24.5 Å². The molecule has 0 amide bonds. The molecule has 0 aromatic carbocycles. The molecule has 0 radical (unpaired) electrons. The Morgan fingerprint density at radius 3 is 2.59 bits per heavy atom. The molecule has 1 aliphatic heterocycles. The Bertz CT molecular complexity index is 1170. The minimum absolute atomic E-state index is 0.0137. The van der Waals surface area contributed by atoms with Gasteiger partial charge < -0.3 is 26.1 Å². The summed E-state index contributed by atoms with van der Waals surface area (Å²) < 4.78 is 32.7. The van der Waals surface area contributed by atoms with Gasteiger partial charge in [0.2, 0.25) is 0 Å². The lowest BCUT2D eigenvalue weighted by Crippen LogP contribution is -2.37. The molecule has 0 aliphatic carbocycles. The molecule has 1 saturated heterocycles. The second kappa shape index (κ2) is 10.5. The van der Waals surface area contributed by atoms with E-state index < -0.39 is 21.8 Å². The van der Waals surface area contributed by atoms with Gasteiger partial charge in [0.25, 0.3) is 10.0 Å². The molecule has 188 valence electrons. The van der Waals surface area contributed by atoms with Crippen LogP contribution in [0.3, 0.4) is 0 Å². The van der Waals surface area contributed by atoms with Crippen molar-refractivity contribution in [3.05, 3.63) is 29.0 Å². The highest BCUT2D eigenvalue weighted by Crippen LogP contribution is 2.42. The summed E-state index contributed by atoms with van der Waals surface area (Å²) >= 11 is 0.838. The Hall–Kier alpha value is -2.41. The summed E-state index contributed by atoms with van der Waals surface area (Å²) in [6.45, 7) is 8.10. The van der Waals surface area contributed by atoms with E-state index in [0.717, 1.165) is 16.9 Å². The van der Waals surface area contributed by atoms with Gasteiger partial charge in [-0.15, -0.1) is 11.3 Å². The van der Waals surface area contributed by atoms with Crippen molar-refractivity contribution in [3.63, 3.8) is 0 Å². The van der Waals surface area contributed by atoms with Crippen molar-refractivity contribution in [2.75, 3.05) is 13.2 Å². The topological polar surface area (TPSA) is 168 Å². The van der Waals surface area contributed by atoms with E-state index in [1.165, 1.54) is 9.69 Å². The number of hydrogen-bond acceptors (Lipinski definition) is 8. The molecular weight excluding hydrogens is 478 g/mol. The first-order chi connectivity index (χ1) is 16.0. The van der Waals surface area contributed by atoms with Crippen LogP contribution in [0.4, 0.5) is 5.69 Å². The zero-order valence-electron chi connectivity index (χ0n) is 19.8. The number of rotatable bonds is 8. The number of aliphatic imine (C=N–C) groups is 2. The molecule has 2 atom stereocenters. The molecule has 12 heteroatoms. The van der Waals surface area contributed by atoms with Gasteiger partial charge in [-0.1, -0.05) is 27.7 Å². The number of aliphatic hydroxyl groups excluding tert-OH is 1. The normalized spacial score (nSPS) is 19.4. The minimum Gasteiger partial charge on any atom is -0.504 e. The van der Waals surface area contributed by atoms with Crippen LogP contribution in [0.25, 0.3) is 0 Å². The molecule has 3 heterocycles. The number of thiophene rings is 1. The summed E-state index contributed by atoms with van der Waals surface area (Å²) in [5.74, 6) is 0.328. The molecule has 0 bridgehead atoms. The quantitative estimate of drug-likeness (QED) is 0.312. The van der Waals surface area contributed by atoms with E-state index in [1.54, 1.807) is 6.26 Å². The maximum absolute atomic E-state index is 13.0. The number of amidine groups is 2. The van der Waals surface area contributed by atoms with Gasteiger partial charge in [0.05, 0.1) is 12.9 Å². The highest BCUT2D eigenvalue weighted by atomic mass is 32.2. The lowest BCUT2D eigenvalue weighted by Gasteiger charge is -2.21. The van der Waals surface area contributed by atoms with Crippen LogP contribution in [0.15, 0.2) is 36.3 Å². The van der Waals surface area contributed by atoms with Crippen molar-refractivity contribution in [2.24, 2.45) is 27.4 Å². The summed E-state index contributed by atoms with van der Waals surface area (Å²) in [4.78, 5) is 8.63. The maximum Gasteiger partial charge on any atom is 0.256 e. The number of furan rings is 1. The Balaban J connectivity index is 1.88. The molecule has 34 heavy (non-hydrogen) atoms. The van der Waals surface area contributed by atoms with Crippen molar-refractivity contribution in [3.8, 4) is 5.75 Å². The molecule has 6 N–H and O–H groups in total. The predicted molar refractivity (Wildman–Crippen MR) is 133 cm³/mol. The molecule has 0 spiro atoms. The van der Waals surface area contributed by atoms with Crippen LogP contribution in [0.2, 0.25) is 0 Å². The number of aromatic hydroxyl groups is 1. The molecule has 0 saturated carbocycles. The van der Waals surface area contributed by atoms with Gasteiger partial charge in [0.15, 0.2) is 21.6 Å². The van der Waals surface area contributed by atoms with Gasteiger partial charge in [0.1, 0.15) is 17.5 Å². The molecule has 10 nitrogen and oxygen atoms in total. The molecule has 2 aromatic heterocycles. The smallest absolute Gasteiger partial charge is 0.256 e. The van der Waals surface area contributed by atoms with E-state index in [-0.39, 0.29) is 46.7 Å². The van der Waals surface area contributed by atoms with Crippen LogP contribution in [-0.2, 0) is 10.0 Å². The van der Waals surface area contributed by atoms with Crippen LogP contribution < -0.4 is 11.5 Å². The van der Waals surface area contributed by atoms with E-state index in [1.807, 2.05) is 19.9 Å². The second-order valence-corrected chi connectivity index (χ2v) is 12.0. The standard InChI is InChI=1S/C22H33N5O5S2/c1-12(2)14-8-17(32-10-14)18(13(3)4)26-21(24)20(23)25-16-11-33-22(19(16)29)34(30,31)27-7-5-6-15(27)9-28/h8,10-13,15,18,28-29H,5-7,9H2,1-4H3,(H2,23,25)(H2,24,26)/t15?,18-/m1/s1. The molecule has 2 aromatic rings. The highest BCUT2D eigenvalue weighted by molar-refractivity contribution is 7.91. The van der Waals surface area contributed by atoms with Crippen molar-refractivity contribution >= 4 is 38.7 Å². The molecular formula is C22H33N5O5S2. The largest absolute Gasteiger partial charge is 0.504 e. The van der Waals surface area contributed by atoms with E-state index in [4.69, 9.17) is 15.9 Å². The van der Waals surface area contributed by atoms with Gasteiger partial charge in [-0.2, -0.15) is 4.31 Å². The van der Waals surface area contributed by atoms with Crippen molar-refractivity contribution in [1.29, 1.82) is 0 Å². The summed E-state index contributed by atoms with van der Waals surface area (Å²) in [5.41, 5.74) is 13.2. The Morgan fingerprint density at radius 1 is 1.29 bits per heavy atom. The Kier molecular flexibility index (Phi) is 8.06. The van der Waals surface area contributed by atoms with Crippen molar-refractivity contribution in [1.82, 2.24) is 4.31 Å². The second-order valence-electron chi connectivity index (χ2n) is 8.99. The van der Waals surface area contributed by atoms with Crippen molar-refractivity contribution < 1.29 is 23.0 Å². The first-order valence-electron chi connectivity index (χ1n) is 11.2. The van der Waals surface area contributed by atoms with Crippen LogP contribution >= 0.6 is 11.3 Å². The SMILES string of the molecule is CC(C)c1coc([C@H](N=C(N)C(N)=Nc2csc(S(=O)(=O)N3CCCC3CO)c2O)C(C)C)c1. The van der Waals surface area contributed by atoms with Gasteiger partial charge in [-0.3, -0.25) is 4.99 Å². The fourth-order valence-corrected chi connectivity index (χ4v) is 6.79. The number of nitrogens with zero attached hydrogens (tertiary/aromatic N) is 3. The zero-order valence-corrected chi connectivity index (χ0v) is 21.4. The van der Waals surface area contributed by atoms with Gasteiger partial charge in [-0.05, 0) is 36.3 Å². The maximum atomic E-state index is 13.0. The first-order valence-corrected chi connectivity index (χ1v) is 13.5. The predicted octanol–water partition coefficient (Wildman–Crippen LogP) is 3.06. The van der Waals surface area contributed by atoms with Gasteiger partial charge in [-0.25, -0.2) is 13.4 Å². The average molecular weight is 512 g/mol. The lowest BCUT2D eigenvalue weighted by molar-refractivity contribution is 0.213. The summed E-state index contributed by atoms with van der Waals surface area (Å²) in [5, 5.41) is 21.5. The zero-order chi connectivity index (χ0) is 25.2. The van der Waals surface area contributed by atoms with Crippen LogP contribution in [0.5, 0.6) is 5.75 Å². The molecule has 1 fully saturated rings. The number of hydrogen-bond donors (Lipinski definition) is 4. The van der Waals surface area contributed by atoms with Crippen molar-refractivity contribution in [2.45, 2.75) is 62.7 Å². The third kappa shape index (κ3) is 5.29.